The van der Waals surface area contributed by atoms with Crippen LogP contribution in [0.15, 0.2) is 53.2 Å². The predicted molar refractivity (Wildman–Crippen MR) is 113 cm³/mol. The first-order valence-corrected chi connectivity index (χ1v) is 9.58. The Balaban J connectivity index is 1.40. The highest BCUT2D eigenvalue weighted by Gasteiger charge is 2.14. The predicted octanol–water partition coefficient (Wildman–Crippen LogP) is 3.13. The van der Waals surface area contributed by atoms with Gasteiger partial charge < -0.3 is 25.0 Å². The van der Waals surface area contributed by atoms with Crippen LogP contribution in [0.3, 0.4) is 0 Å². The van der Waals surface area contributed by atoms with Gasteiger partial charge in [-0.2, -0.15) is 0 Å². The summed E-state index contributed by atoms with van der Waals surface area (Å²) in [5.41, 5.74) is 2.62. The molecule has 29 heavy (non-hydrogen) atoms. The lowest BCUT2D eigenvalue weighted by atomic mass is 10.2. The van der Waals surface area contributed by atoms with Crippen molar-refractivity contribution >= 4 is 28.9 Å². The molecule has 1 saturated heterocycles. The molecule has 0 bridgehead atoms. The lowest BCUT2D eigenvalue weighted by Gasteiger charge is -2.34. The molecule has 8 nitrogen and oxygen atoms in total. The highest BCUT2D eigenvalue weighted by Crippen LogP contribution is 2.22. The number of likely N-dealkylation sites (N-methyl/N-ethyl adjacent to an activating group) is 1. The number of amides is 1. The molecule has 150 valence electrons. The van der Waals surface area contributed by atoms with Crippen LogP contribution < -0.4 is 15.5 Å². The van der Waals surface area contributed by atoms with E-state index in [1.165, 1.54) is 5.69 Å². The van der Waals surface area contributed by atoms with Crippen molar-refractivity contribution in [3.8, 4) is 0 Å². The van der Waals surface area contributed by atoms with Crippen LogP contribution in [0.4, 0.5) is 23.0 Å². The quantitative estimate of drug-likeness (QED) is 0.690. The largest absolute Gasteiger partial charge is 0.369 e. The number of nitrogens with one attached hydrogen (secondary N) is 2. The number of carbonyl (C=O) groups excluding carboxylic acids is 1. The van der Waals surface area contributed by atoms with E-state index in [1.807, 2.05) is 12.1 Å². The first kappa shape index (κ1) is 18.9. The molecule has 4 rings (SSSR count). The normalized spacial score (nSPS) is 14.6. The third-order valence-corrected chi connectivity index (χ3v) is 4.90. The van der Waals surface area contributed by atoms with Gasteiger partial charge in [0.25, 0.3) is 5.91 Å². The highest BCUT2D eigenvalue weighted by molar-refractivity contribution is 6.04. The molecule has 3 heterocycles. The van der Waals surface area contributed by atoms with Gasteiger partial charge in [-0.1, -0.05) is 5.16 Å². The summed E-state index contributed by atoms with van der Waals surface area (Å²) in [4.78, 5) is 21.4. The Kier molecular flexibility index (Phi) is 5.44. The van der Waals surface area contributed by atoms with E-state index in [4.69, 9.17) is 4.52 Å². The summed E-state index contributed by atoms with van der Waals surface area (Å²) in [6.45, 7) is 5.99. The number of benzene rings is 1. The molecule has 3 aromatic rings. The number of aryl methyl sites for hydroxylation is 1. The molecule has 2 aromatic heterocycles. The van der Waals surface area contributed by atoms with Crippen LogP contribution in [-0.2, 0) is 0 Å². The van der Waals surface area contributed by atoms with Gasteiger partial charge >= 0.3 is 0 Å². The van der Waals surface area contributed by atoms with Crippen molar-refractivity contribution in [2.45, 2.75) is 6.92 Å². The maximum absolute atomic E-state index is 12.4. The van der Waals surface area contributed by atoms with E-state index in [-0.39, 0.29) is 5.91 Å². The van der Waals surface area contributed by atoms with Crippen LogP contribution >= 0.6 is 0 Å². The third-order valence-electron chi connectivity index (χ3n) is 4.90. The molecule has 1 aliphatic rings. The molecule has 2 N–H and O–H groups in total. The number of hydrogen-bond donors (Lipinski definition) is 2. The minimum Gasteiger partial charge on any atom is -0.369 e. The number of hydrogen-bond acceptors (Lipinski definition) is 7. The van der Waals surface area contributed by atoms with E-state index in [0.717, 1.165) is 31.9 Å². The van der Waals surface area contributed by atoms with E-state index in [2.05, 4.69) is 49.8 Å². The molecule has 0 saturated carbocycles. The fourth-order valence-corrected chi connectivity index (χ4v) is 3.22. The van der Waals surface area contributed by atoms with Gasteiger partial charge in [-0.15, -0.1) is 0 Å². The number of pyridine rings is 1. The zero-order valence-electron chi connectivity index (χ0n) is 16.6. The van der Waals surface area contributed by atoms with Gasteiger partial charge in [-0.3, -0.25) is 4.79 Å². The topological polar surface area (TPSA) is 86.5 Å². The Hall–Kier alpha value is -3.39. The van der Waals surface area contributed by atoms with Gasteiger partial charge in [0.1, 0.15) is 11.6 Å². The highest BCUT2D eigenvalue weighted by atomic mass is 16.5. The molecule has 1 amide bonds. The second-order valence-corrected chi connectivity index (χ2v) is 7.17. The molecule has 8 heteroatoms. The minimum absolute atomic E-state index is 0.269. The number of piperazine rings is 1. The minimum atomic E-state index is -0.269. The van der Waals surface area contributed by atoms with Crippen molar-refractivity contribution in [1.82, 2.24) is 15.0 Å². The van der Waals surface area contributed by atoms with Crippen LogP contribution in [0.25, 0.3) is 0 Å². The van der Waals surface area contributed by atoms with E-state index < -0.39 is 0 Å². The Labute approximate surface area is 169 Å². The van der Waals surface area contributed by atoms with Crippen molar-refractivity contribution < 1.29 is 9.32 Å². The molecule has 0 aliphatic carbocycles. The smallest absolute Gasteiger partial charge is 0.257 e. The van der Waals surface area contributed by atoms with Crippen LogP contribution in [0.1, 0.15) is 16.1 Å². The first-order valence-electron chi connectivity index (χ1n) is 9.58. The summed E-state index contributed by atoms with van der Waals surface area (Å²) in [6, 6.07) is 13.3. The average molecular weight is 392 g/mol. The zero-order chi connectivity index (χ0) is 20.2. The Morgan fingerprint density at radius 3 is 2.48 bits per heavy atom. The van der Waals surface area contributed by atoms with E-state index in [9.17, 15) is 4.79 Å². The molecular weight excluding hydrogens is 368 g/mol. The molecule has 1 fully saturated rings. The number of aromatic nitrogens is 2. The summed E-state index contributed by atoms with van der Waals surface area (Å²) < 4.78 is 4.97. The van der Waals surface area contributed by atoms with Crippen LogP contribution in [-0.4, -0.2) is 54.2 Å². The van der Waals surface area contributed by atoms with Crippen LogP contribution in [0.5, 0.6) is 0 Å². The van der Waals surface area contributed by atoms with Crippen molar-refractivity contribution in [3.05, 3.63) is 60.0 Å². The van der Waals surface area contributed by atoms with Gasteiger partial charge in [-0.25, -0.2) is 4.98 Å². The first-order chi connectivity index (χ1) is 14.1. The second-order valence-electron chi connectivity index (χ2n) is 7.17. The Morgan fingerprint density at radius 2 is 1.79 bits per heavy atom. The molecule has 1 aromatic carbocycles. The lowest BCUT2D eigenvalue weighted by molar-refractivity contribution is 0.102. The number of nitrogens with zero attached hydrogens (tertiary/aromatic N) is 4. The van der Waals surface area contributed by atoms with Crippen LogP contribution in [0, 0.1) is 6.92 Å². The van der Waals surface area contributed by atoms with Gasteiger partial charge in [-0.05, 0) is 50.4 Å². The maximum Gasteiger partial charge on any atom is 0.257 e. The van der Waals surface area contributed by atoms with E-state index in [0.29, 0.717) is 23.0 Å². The Morgan fingerprint density at radius 1 is 1.03 bits per heavy atom. The fourth-order valence-electron chi connectivity index (χ4n) is 3.22. The summed E-state index contributed by atoms with van der Waals surface area (Å²) in [6.07, 6.45) is 1.60. The van der Waals surface area contributed by atoms with Gasteiger partial charge in [0, 0.05) is 55.4 Å². The molecule has 0 radical (unpaired) electrons. The van der Waals surface area contributed by atoms with Crippen molar-refractivity contribution in [2.24, 2.45) is 0 Å². The molecule has 0 spiro atoms. The zero-order valence-corrected chi connectivity index (χ0v) is 16.6. The number of rotatable bonds is 5. The molecule has 1 aliphatic heterocycles. The van der Waals surface area contributed by atoms with Gasteiger partial charge in [0.05, 0.1) is 0 Å². The lowest BCUT2D eigenvalue weighted by Crippen LogP contribution is -2.44. The van der Waals surface area contributed by atoms with Crippen molar-refractivity contribution in [3.63, 3.8) is 0 Å². The SMILES string of the molecule is Cc1cc(NC(=O)c2ccnc(Nc3ccc(N4CCN(C)CC4)cc3)c2)no1. The fraction of sp³-hybridized carbons (Fsp3) is 0.286. The second kappa shape index (κ2) is 8.32. The van der Waals surface area contributed by atoms with Crippen molar-refractivity contribution in [1.29, 1.82) is 0 Å². The third kappa shape index (κ3) is 4.72. The molecular formula is C21H24N6O2. The summed E-state index contributed by atoms with van der Waals surface area (Å²) in [7, 11) is 2.15. The van der Waals surface area contributed by atoms with E-state index in [1.54, 1.807) is 31.3 Å². The summed E-state index contributed by atoms with van der Waals surface area (Å²) in [5, 5.41) is 9.74. The summed E-state index contributed by atoms with van der Waals surface area (Å²) in [5.74, 6) is 1.35. The molecule has 0 atom stereocenters. The standard InChI is InChI=1S/C21H24N6O2/c1-15-13-20(25-29-15)24-21(28)16-7-8-22-19(14-16)23-17-3-5-18(6-4-17)27-11-9-26(2)10-12-27/h3-8,13-14H,9-12H2,1-2H3,(H,22,23)(H,24,25,28). The molecule has 0 unspecified atom stereocenters. The average Bonchev–Trinajstić information content (AvgIpc) is 3.14. The van der Waals surface area contributed by atoms with Crippen LogP contribution in [0.2, 0.25) is 0 Å². The maximum atomic E-state index is 12.4. The monoisotopic (exact) mass is 392 g/mol. The summed E-state index contributed by atoms with van der Waals surface area (Å²) >= 11 is 0. The Bertz CT molecular complexity index is 977. The van der Waals surface area contributed by atoms with E-state index >= 15 is 0 Å². The van der Waals surface area contributed by atoms with Crippen molar-refractivity contribution in [2.75, 3.05) is 48.8 Å². The number of anilines is 4. The number of carbonyl (C=O) groups is 1. The van der Waals surface area contributed by atoms with Gasteiger partial charge in [0.2, 0.25) is 0 Å². The van der Waals surface area contributed by atoms with Gasteiger partial charge in [0.15, 0.2) is 5.82 Å².